The molecule has 6 heteroatoms. The maximum Gasteiger partial charge on any atom is 0.272 e. The summed E-state index contributed by atoms with van der Waals surface area (Å²) in [7, 11) is 0. The summed E-state index contributed by atoms with van der Waals surface area (Å²) in [6, 6.07) is 15.9. The molecule has 1 aliphatic heterocycles. The second-order valence-electron chi connectivity index (χ2n) is 7.37. The van der Waals surface area contributed by atoms with Gasteiger partial charge in [-0.05, 0) is 30.0 Å². The largest absolute Gasteiger partial charge is 0.346 e. The van der Waals surface area contributed by atoms with E-state index in [1.54, 1.807) is 0 Å². The molecule has 2 amide bonds. The summed E-state index contributed by atoms with van der Waals surface area (Å²) in [4.78, 5) is 27.2. The number of aromatic amines is 1. The predicted octanol–water partition coefficient (Wildman–Crippen LogP) is 2.06. The Balaban J connectivity index is 1.28. The molecule has 27 heavy (non-hydrogen) atoms. The molecule has 1 atom stereocenters. The normalized spacial score (nSPS) is 19.6. The minimum Gasteiger partial charge on any atom is -0.346 e. The lowest BCUT2D eigenvalue weighted by atomic mass is 10.1. The minimum atomic E-state index is -0.234. The third-order valence-corrected chi connectivity index (χ3v) is 5.65. The van der Waals surface area contributed by atoms with Crippen LogP contribution in [0.15, 0.2) is 48.5 Å². The molecule has 1 fully saturated rings. The number of amides is 2. The Morgan fingerprint density at radius 1 is 1.04 bits per heavy atom. The maximum atomic E-state index is 12.7. The van der Waals surface area contributed by atoms with Gasteiger partial charge in [-0.25, -0.2) is 0 Å². The van der Waals surface area contributed by atoms with E-state index in [1.165, 1.54) is 11.1 Å². The van der Waals surface area contributed by atoms with Crippen molar-refractivity contribution < 1.29 is 9.59 Å². The lowest BCUT2D eigenvalue weighted by molar-refractivity contribution is -0.129. The summed E-state index contributed by atoms with van der Waals surface area (Å²) in [5.74, 6) is -0.119. The Morgan fingerprint density at radius 2 is 1.74 bits per heavy atom. The highest BCUT2D eigenvalue weighted by Crippen LogP contribution is 2.28. The lowest BCUT2D eigenvalue weighted by Crippen LogP contribution is -2.41. The first-order valence-electron chi connectivity index (χ1n) is 9.29. The topological polar surface area (TPSA) is 78.1 Å². The van der Waals surface area contributed by atoms with Crippen molar-refractivity contribution in [3.8, 4) is 0 Å². The fraction of sp³-hybridized carbons (Fsp3) is 0.286. The molecule has 6 nitrogen and oxygen atoms in total. The van der Waals surface area contributed by atoms with Crippen molar-refractivity contribution >= 4 is 22.7 Å². The van der Waals surface area contributed by atoms with Crippen LogP contribution in [0.3, 0.4) is 0 Å². The predicted molar refractivity (Wildman–Crippen MR) is 101 cm³/mol. The molecule has 5 rings (SSSR count). The van der Waals surface area contributed by atoms with Crippen LogP contribution in [-0.4, -0.2) is 45.5 Å². The van der Waals surface area contributed by atoms with Crippen LogP contribution in [-0.2, 0) is 17.6 Å². The molecular formula is C21H20N4O2. The third kappa shape index (κ3) is 2.77. The van der Waals surface area contributed by atoms with E-state index in [9.17, 15) is 9.59 Å². The Bertz CT molecular complexity index is 1020. The first-order chi connectivity index (χ1) is 13.2. The number of rotatable bonds is 3. The smallest absolute Gasteiger partial charge is 0.272 e. The molecule has 1 saturated heterocycles. The first kappa shape index (κ1) is 16.1. The number of nitrogens with one attached hydrogen (secondary N) is 2. The summed E-state index contributed by atoms with van der Waals surface area (Å²) >= 11 is 0. The van der Waals surface area contributed by atoms with Gasteiger partial charge in [0.25, 0.3) is 5.91 Å². The minimum absolute atomic E-state index is 0.116. The second-order valence-corrected chi connectivity index (χ2v) is 7.37. The van der Waals surface area contributed by atoms with E-state index in [-0.39, 0.29) is 23.9 Å². The Hall–Kier alpha value is -3.15. The molecule has 3 aromatic rings. The highest BCUT2D eigenvalue weighted by Gasteiger charge is 2.37. The standard InChI is InChI=1S/C21H20N4O2/c26-19-11-15(12-25(19)16-9-13-5-1-2-6-14(13)10-16)22-21(27)20-17-7-3-4-8-18(17)23-24-20/h1-8,15-16H,9-12H2,(H,22,27)(H,23,24). The van der Waals surface area contributed by atoms with Gasteiger partial charge >= 0.3 is 0 Å². The molecule has 0 spiro atoms. The van der Waals surface area contributed by atoms with Crippen molar-refractivity contribution in [3.05, 3.63) is 65.4 Å². The molecule has 2 N–H and O–H groups in total. The van der Waals surface area contributed by atoms with Crippen LogP contribution in [0.2, 0.25) is 0 Å². The van der Waals surface area contributed by atoms with Gasteiger partial charge in [0.1, 0.15) is 0 Å². The maximum absolute atomic E-state index is 12.7. The fourth-order valence-electron chi connectivity index (χ4n) is 4.33. The molecule has 2 aromatic carbocycles. The summed E-state index contributed by atoms with van der Waals surface area (Å²) < 4.78 is 0. The van der Waals surface area contributed by atoms with Crippen molar-refractivity contribution in [1.82, 2.24) is 20.4 Å². The van der Waals surface area contributed by atoms with E-state index in [0.29, 0.717) is 18.7 Å². The molecule has 2 heterocycles. The number of hydrogen-bond acceptors (Lipinski definition) is 3. The van der Waals surface area contributed by atoms with Crippen LogP contribution in [0.4, 0.5) is 0 Å². The summed E-state index contributed by atoms with van der Waals surface area (Å²) in [6.45, 7) is 0.561. The molecule has 1 aliphatic carbocycles. The van der Waals surface area contributed by atoms with E-state index < -0.39 is 0 Å². The number of carbonyl (C=O) groups excluding carboxylic acids is 2. The zero-order valence-corrected chi connectivity index (χ0v) is 14.8. The van der Waals surface area contributed by atoms with E-state index in [4.69, 9.17) is 0 Å². The number of nitrogens with zero attached hydrogens (tertiary/aromatic N) is 2. The molecule has 1 aromatic heterocycles. The number of para-hydroxylation sites is 1. The zero-order chi connectivity index (χ0) is 18.4. The van der Waals surface area contributed by atoms with Crippen molar-refractivity contribution in [1.29, 1.82) is 0 Å². The van der Waals surface area contributed by atoms with Crippen LogP contribution in [0.5, 0.6) is 0 Å². The molecule has 1 unspecified atom stereocenters. The number of fused-ring (bicyclic) bond motifs is 2. The van der Waals surface area contributed by atoms with E-state index in [1.807, 2.05) is 41.3 Å². The highest BCUT2D eigenvalue weighted by molar-refractivity contribution is 6.05. The van der Waals surface area contributed by atoms with E-state index in [2.05, 4.69) is 27.6 Å². The van der Waals surface area contributed by atoms with Crippen LogP contribution in [0, 0.1) is 0 Å². The van der Waals surface area contributed by atoms with E-state index in [0.717, 1.165) is 23.7 Å². The SMILES string of the molecule is O=C(NC1CC(=O)N(C2Cc3ccccc3C2)C1)c1n[nH]c2ccccc12. The van der Waals surface area contributed by atoms with Crippen LogP contribution in [0.1, 0.15) is 28.0 Å². The number of hydrogen-bond donors (Lipinski definition) is 2. The Morgan fingerprint density at radius 3 is 2.52 bits per heavy atom. The van der Waals surface area contributed by atoms with Crippen LogP contribution in [0.25, 0.3) is 10.9 Å². The number of likely N-dealkylation sites (tertiary alicyclic amines) is 1. The molecule has 136 valence electrons. The van der Waals surface area contributed by atoms with Crippen LogP contribution < -0.4 is 5.32 Å². The number of H-pyrrole nitrogens is 1. The van der Waals surface area contributed by atoms with Crippen LogP contribution >= 0.6 is 0 Å². The van der Waals surface area contributed by atoms with Gasteiger partial charge < -0.3 is 10.2 Å². The average molecular weight is 360 g/mol. The molecule has 0 saturated carbocycles. The Labute approximate surface area is 156 Å². The van der Waals surface area contributed by atoms with Gasteiger partial charge in [0.05, 0.1) is 11.6 Å². The number of aromatic nitrogens is 2. The van der Waals surface area contributed by atoms with Crippen molar-refractivity contribution in [3.63, 3.8) is 0 Å². The lowest BCUT2D eigenvalue weighted by Gasteiger charge is -2.24. The summed E-state index contributed by atoms with van der Waals surface area (Å²) in [5.41, 5.74) is 3.86. The van der Waals surface area contributed by atoms with Gasteiger partial charge in [-0.2, -0.15) is 5.10 Å². The molecule has 0 bridgehead atoms. The Kier molecular flexibility index (Phi) is 3.70. The third-order valence-electron chi connectivity index (χ3n) is 5.65. The molecule has 2 aliphatic rings. The van der Waals surface area contributed by atoms with E-state index >= 15 is 0 Å². The van der Waals surface area contributed by atoms with Gasteiger partial charge in [-0.1, -0.05) is 42.5 Å². The average Bonchev–Trinajstić information content (AvgIpc) is 3.37. The van der Waals surface area contributed by atoms with Gasteiger partial charge in [0.2, 0.25) is 5.91 Å². The van der Waals surface area contributed by atoms with Gasteiger partial charge in [-0.15, -0.1) is 0 Å². The first-order valence-corrected chi connectivity index (χ1v) is 9.29. The number of carbonyl (C=O) groups is 2. The monoisotopic (exact) mass is 360 g/mol. The van der Waals surface area contributed by atoms with Gasteiger partial charge in [-0.3, -0.25) is 14.7 Å². The fourth-order valence-corrected chi connectivity index (χ4v) is 4.33. The van der Waals surface area contributed by atoms with Gasteiger partial charge in [0, 0.05) is 24.4 Å². The second kappa shape index (κ2) is 6.23. The summed E-state index contributed by atoms with van der Waals surface area (Å²) in [5, 5.41) is 10.8. The quantitative estimate of drug-likeness (QED) is 0.750. The number of benzene rings is 2. The summed E-state index contributed by atoms with van der Waals surface area (Å²) in [6.07, 6.45) is 2.14. The zero-order valence-electron chi connectivity index (χ0n) is 14.8. The van der Waals surface area contributed by atoms with Crippen molar-refractivity contribution in [2.24, 2.45) is 0 Å². The molecule has 0 radical (unpaired) electrons. The molecular weight excluding hydrogens is 340 g/mol. The van der Waals surface area contributed by atoms with Crippen molar-refractivity contribution in [2.45, 2.75) is 31.3 Å². The van der Waals surface area contributed by atoms with Crippen molar-refractivity contribution in [2.75, 3.05) is 6.54 Å². The van der Waals surface area contributed by atoms with Gasteiger partial charge in [0.15, 0.2) is 5.69 Å². The highest BCUT2D eigenvalue weighted by atomic mass is 16.2.